The number of nitrogens with zero attached hydrogens (tertiary/aromatic N) is 1. The Bertz CT molecular complexity index is 309. The molecule has 0 spiro atoms. The average Bonchev–Trinajstić information content (AvgIpc) is 2.25. The first-order valence-corrected chi connectivity index (χ1v) is 5.79. The van der Waals surface area contributed by atoms with E-state index in [9.17, 15) is 0 Å². The van der Waals surface area contributed by atoms with Crippen molar-refractivity contribution >= 4 is 24.8 Å². The predicted octanol–water partition coefficient (Wildman–Crippen LogP) is 2.58. The molecule has 18 heavy (non-hydrogen) atoms. The molecule has 106 valence electrons. The number of likely N-dealkylation sites (N-methyl/N-ethyl adjacent to an activating group) is 1. The van der Waals surface area contributed by atoms with Gasteiger partial charge in [0.2, 0.25) is 0 Å². The van der Waals surface area contributed by atoms with Gasteiger partial charge in [0, 0.05) is 19.6 Å². The summed E-state index contributed by atoms with van der Waals surface area (Å²) >= 11 is 0. The van der Waals surface area contributed by atoms with E-state index in [0.29, 0.717) is 0 Å². The molecule has 5 heteroatoms. The molecule has 0 unspecified atom stereocenters. The summed E-state index contributed by atoms with van der Waals surface area (Å²) in [5.74, 6) is 0.953. The molecule has 0 heterocycles. The van der Waals surface area contributed by atoms with Crippen LogP contribution in [0.15, 0.2) is 24.3 Å². The Kier molecular flexibility index (Phi) is 12.8. The van der Waals surface area contributed by atoms with Gasteiger partial charge < -0.3 is 15.0 Å². The number of rotatable bonds is 7. The molecule has 0 fully saturated rings. The van der Waals surface area contributed by atoms with E-state index in [1.165, 1.54) is 5.56 Å². The summed E-state index contributed by atoms with van der Waals surface area (Å²) in [5.41, 5.74) is 1.27. The van der Waals surface area contributed by atoms with Crippen LogP contribution >= 0.6 is 24.8 Å². The first kappa shape index (κ1) is 19.9. The number of halogens is 2. The Hall–Kier alpha value is -0.480. The number of hydrogen-bond acceptors (Lipinski definition) is 3. The topological polar surface area (TPSA) is 24.5 Å². The maximum atomic E-state index is 5.46. The van der Waals surface area contributed by atoms with Crippen molar-refractivity contribution in [3.05, 3.63) is 29.8 Å². The van der Waals surface area contributed by atoms with Gasteiger partial charge in [-0.2, -0.15) is 0 Å². The summed E-state index contributed by atoms with van der Waals surface area (Å²) in [5, 5.41) is 3.41. The lowest BCUT2D eigenvalue weighted by molar-refractivity contribution is 0.339. The Morgan fingerprint density at radius 3 is 2.56 bits per heavy atom. The van der Waals surface area contributed by atoms with E-state index in [2.05, 4.69) is 36.4 Å². The molecule has 0 aliphatic rings. The maximum Gasteiger partial charge on any atom is 0.119 e. The monoisotopic (exact) mass is 294 g/mol. The van der Waals surface area contributed by atoms with Crippen LogP contribution in [0, 0.1) is 0 Å². The Labute approximate surface area is 123 Å². The van der Waals surface area contributed by atoms with E-state index < -0.39 is 0 Å². The van der Waals surface area contributed by atoms with Gasteiger partial charge in [0.1, 0.15) is 5.75 Å². The lowest BCUT2D eigenvalue weighted by Gasteiger charge is -2.11. The summed E-state index contributed by atoms with van der Waals surface area (Å²) in [6, 6.07) is 8.23. The van der Waals surface area contributed by atoms with Crippen molar-refractivity contribution in [2.24, 2.45) is 0 Å². The van der Waals surface area contributed by atoms with E-state index in [-0.39, 0.29) is 24.8 Å². The molecule has 1 N–H and O–H groups in total. The summed E-state index contributed by atoms with van der Waals surface area (Å²) in [6.07, 6.45) is 0. The van der Waals surface area contributed by atoms with E-state index in [4.69, 9.17) is 4.74 Å². The van der Waals surface area contributed by atoms with Crippen LogP contribution < -0.4 is 10.1 Å². The summed E-state index contributed by atoms with van der Waals surface area (Å²) < 4.78 is 5.46. The van der Waals surface area contributed by atoms with Crippen molar-refractivity contribution in [2.75, 3.05) is 33.8 Å². The van der Waals surface area contributed by atoms with E-state index in [0.717, 1.165) is 32.0 Å². The van der Waals surface area contributed by atoms with Crippen LogP contribution in [0.1, 0.15) is 12.5 Å². The number of ether oxygens (including phenoxy) is 1. The Morgan fingerprint density at radius 2 is 1.94 bits per heavy atom. The van der Waals surface area contributed by atoms with Crippen LogP contribution in [-0.2, 0) is 6.54 Å². The fourth-order valence-electron chi connectivity index (χ4n) is 1.45. The molecular weight excluding hydrogens is 271 g/mol. The minimum atomic E-state index is 0. The van der Waals surface area contributed by atoms with Crippen molar-refractivity contribution in [2.45, 2.75) is 13.5 Å². The maximum absolute atomic E-state index is 5.46. The van der Waals surface area contributed by atoms with E-state index >= 15 is 0 Å². The van der Waals surface area contributed by atoms with Crippen LogP contribution in [0.5, 0.6) is 5.75 Å². The highest BCUT2D eigenvalue weighted by Crippen LogP contribution is 2.12. The van der Waals surface area contributed by atoms with Crippen molar-refractivity contribution in [3.8, 4) is 5.75 Å². The van der Waals surface area contributed by atoms with Crippen molar-refractivity contribution in [1.29, 1.82) is 0 Å². The summed E-state index contributed by atoms with van der Waals surface area (Å²) in [6.45, 7) is 5.69. The van der Waals surface area contributed by atoms with Gasteiger partial charge in [-0.1, -0.05) is 12.1 Å². The van der Waals surface area contributed by atoms with Gasteiger partial charge in [-0.05, 0) is 38.7 Å². The first-order valence-electron chi connectivity index (χ1n) is 5.79. The fraction of sp³-hybridized carbons (Fsp3) is 0.538. The molecular formula is C13H24Cl2N2O. The van der Waals surface area contributed by atoms with Crippen LogP contribution in [-0.4, -0.2) is 38.7 Å². The van der Waals surface area contributed by atoms with Gasteiger partial charge in [-0.15, -0.1) is 24.8 Å². The second-order valence-corrected chi connectivity index (χ2v) is 4.06. The van der Waals surface area contributed by atoms with E-state index in [1.807, 2.05) is 19.1 Å². The van der Waals surface area contributed by atoms with Gasteiger partial charge in [-0.25, -0.2) is 0 Å². The number of nitrogens with one attached hydrogen (secondary N) is 1. The third kappa shape index (κ3) is 8.59. The highest BCUT2D eigenvalue weighted by atomic mass is 35.5. The molecule has 0 amide bonds. The minimum absolute atomic E-state index is 0. The lowest BCUT2D eigenvalue weighted by Crippen LogP contribution is -2.26. The second-order valence-electron chi connectivity index (χ2n) is 4.06. The van der Waals surface area contributed by atoms with Crippen molar-refractivity contribution in [1.82, 2.24) is 10.2 Å². The summed E-state index contributed by atoms with van der Waals surface area (Å²) in [4.78, 5) is 2.17. The largest absolute Gasteiger partial charge is 0.494 e. The molecule has 1 rings (SSSR count). The highest BCUT2D eigenvalue weighted by Gasteiger charge is 1.96. The molecule has 0 radical (unpaired) electrons. The SMILES string of the molecule is CCOc1cccc(CNCCN(C)C)c1.Cl.Cl. The zero-order valence-corrected chi connectivity index (χ0v) is 12.9. The quantitative estimate of drug-likeness (QED) is 0.783. The Morgan fingerprint density at radius 1 is 1.22 bits per heavy atom. The van der Waals surface area contributed by atoms with Crippen LogP contribution in [0.4, 0.5) is 0 Å². The van der Waals surface area contributed by atoms with Crippen LogP contribution in [0.25, 0.3) is 0 Å². The third-order valence-electron chi connectivity index (χ3n) is 2.27. The lowest BCUT2D eigenvalue weighted by atomic mass is 10.2. The molecule has 1 aromatic rings. The minimum Gasteiger partial charge on any atom is -0.494 e. The molecule has 0 saturated carbocycles. The zero-order chi connectivity index (χ0) is 11.8. The molecule has 0 aliphatic heterocycles. The van der Waals surface area contributed by atoms with Gasteiger partial charge in [0.15, 0.2) is 0 Å². The predicted molar refractivity (Wildman–Crippen MR) is 82.4 cm³/mol. The standard InChI is InChI=1S/C13H22N2O.2ClH/c1-4-16-13-7-5-6-12(10-13)11-14-8-9-15(2)3;;/h5-7,10,14H,4,8-9,11H2,1-3H3;2*1H. The molecule has 0 atom stereocenters. The molecule has 3 nitrogen and oxygen atoms in total. The molecule has 0 aliphatic carbocycles. The second kappa shape index (κ2) is 11.6. The first-order chi connectivity index (χ1) is 7.72. The molecule has 0 aromatic heterocycles. The zero-order valence-electron chi connectivity index (χ0n) is 11.3. The third-order valence-corrected chi connectivity index (χ3v) is 2.27. The van der Waals surface area contributed by atoms with Gasteiger partial charge >= 0.3 is 0 Å². The fourth-order valence-corrected chi connectivity index (χ4v) is 1.45. The van der Waals surface area contributed by atoms with Crippen molar-refractivity contribution < 1.29 is 4.74 Å². The van der Waals surface area contributed by atoms with Crippen LogP contribution in [0.3, 0.4) is 0 Å². The number of hydrogen-bond donors (Lipinski definition) is 1. The average molecular weight is 295 g/mol. The number of benzene rings is 1. The summed E-state index contributed by atoms with van der Waals surface area (Å²) in [7, 11) is 4.16. The molecule has 0 bridgehead atoms. The molecule has 1 aromatic carbocycles. The van der Waals surface area contributed by atoms with Gasteiger partial charge in [-0.3, -0.25) is 0 Å². The molecule has 0 saturated heterocycles. The normalized spacial score (nSPS) is 9.56. The highest BCUT2D eigenvalue weighted by molar-refractivity contribution is 5.85. The van der Waals surface area contributed by atoms with E-state index in [1.54, 1.807) is 0 Å². The van der Waals surface area contributed by atoms with Crippen LogP contribution in [0.2, 0.25) is 0 Å². The van der Waals surface area contributed by atoms with Gasteiger partial charge in [0.05, 0.1) is 6.61 Å². The smallest absolute Gasteiger partial charge is 0.119 e. The Balaban J connectivity index is 0. The van der Waals surface area contributed by atoms with Gasteiger partial charge in [0.25, 0.3) is 0 Å². The van der Waals surface area contributed by atoms with Crippen molar-refractivity contribution in [3.63, 3.8) is 0 Å².